The lowest BCUT2D eigenvalue weighted by Gasteiger charge is -2.21. The molecule has 0 saturated heterocycles. The van der Waals surface area contributed by atoms with Crippen LogP contribution in [0.25, 0.3) is 0 Å². The van der Waals surface area contributed by atoms with E-state index in [0.717, 1.165) is 3.57 Å². The summed E-state index contributed by atoms with van der Waals surface area (Å²) in [7, 11) is 1.52. The number of aryl methyl sites for hydroxylation is 1. The molecular formula is C18H21FIN3O3. The minimum Gasteiger partial charge on any atom is -0.406 e. The highest BCUT2D eigenvalue weighted by Gasteiger charge is 2.20. The van der Waals surface area contributed by atoms with Crippen molar-refractivity contribution in [3.8, 4) is 5.75 Å². The van der Waals surface area contributed by atoms with Crippen LogP contribution in [0.2, 0.25) is 0 Å². The van der Waals surface area contributed by atoms with Gasteiger partial charge in [-0.2, -0.15) is 0 Å². The first-order chi connectivity index (χ1) is 12.0. The van der Waals surface area contributed by atoms with Crippen molar-refractivity contribution in [2.45, 2.75) is 33.2 Å². The lowest BCUT2D eigenvalue weighted by Crippen LogP contribution is -2.42. The van der Waals surface area contributed by atoms with Crippen molar-refractivity contribution in [2.75, 3.05) is 5.32 Å². The second-order valence-electron chi connectivity index (χ2n) is 6.92. The minimum absolute atomic E-state index is 0.129. The van der Waals surface area contributed by atoms with E-state index in [-0.39, 0.29) is 22.8 Å². The third-order valence-electron chi connectivity index (χ3n) is 3.42. The van der Waals surface area contributed by atoms with Crippen LogP contribution in [0.4, 0.5) is 20.7 Å². The standard InChI is InChI=1S/C18H21FIN3O3/c1-10-8-14(26-17(25)22-18(2,3)4)15(23(5)16(10)24)21-13-7-6-11(20)9-12(13)19/h6-9,21H,1-5H3,(H,22,25). The molecule has 140 valence electrons. The summed E-state index contributed by atoms with van der Waals surface area (Å²) >= 11 is 2.00. The van der Waals surface area contributed by atoms with E-state index in [1.807, 2.05) is 43.4 Å². The third-order valence-corrected chi connectivity index (χ3v) is 4.09. The molecule has 0 unspecified atom stereocenters. The van der Waals surface area contributed by atoms with Crippen LogP contribution in [-0.4, -0.2) is 16.2 Å². The van der Waals surface area contributed by atoms with E-state index in [1.165, 1.54) is 23.7 Å². The number of benzene rings is 1. The van der Waals surface area contributed by atoms with Crippen molar-refractivity contribution in [1.29, 1.82) is 0 Å². The quantitative estimate of drug-likeness (QED) is 0.660. The van der Waals surface area contributed by atoms with Crippen LogP contribution >= 0.6 is 22.6 Å². The number of amides is 1. The summed E-state index contributed by atoms with van der Waals surface area (Å²) in [5.74, 6) is -0.163. The number of carbonyl (C=O) groups excluding carboxylic acids is 1. The Kier molecular flexibility index (Phi) is 5.94. The maximum Gasteiger partial charge on any atom is 0.413 e. The summed E-state index contributed by atoms with van der Waals surface area (Å²) in [6, 6.07) is 6.10. The van der Waals surface area contributed by atoms with Gasteiger partial charge in [-0.3, -0.25) is 9.36 Å². The Morgan fingerprint density at radius 3 is 2.50 bits per heavy atom. The van der Waals surface area contributed by atoms with Crippen LogP contribution in [0.1, 0.15) is 26.3 Å². The lowest BCUT2D eigenvalue weighted by molar-refractivity contribution is 0.190. The molecule has 0 fully saturated rings. The first-order valence-electron chi connectivity index (χ1n) is 7.90. The number of aromatic nitrogens is 1. The Labute approximate surface area is 164 Å². The number of hydrogen-bond acceptors (Lipinski definition) is 4. The maximum atomic E-state index is 14.2. The van der Waals surface area contributed by atoms with Crippen LogP contribution in [-0.2, 0) is 7.05 Å². The molecule has 0 aliphatic rings. The normalized spacial score (nSPS) is 11.2. The maximum absolute atomic E-state index is 14.2. The fourth-order valence-electron chi connectivity index (χ4n) is 2.23. The van der Waals surface area contributed by atoms with E-state index in [0.29, 0.717) is 5.56 Å². The molecule has 2 aromatic rings. The Balaban J connectivity index is 2.45. The predicted molar refractivity (Wildman–Crippen MR) is 108 cm³/mol. The molecule has 0 saturated carbocycles. The Morgan fingerprint density at radius 1 is 1.27 bits per heavy atom. The van der Waals surface area contributed by atoms with Gasteiger partial charge in [-0.25, -0.2) is 9.18 Å². The van der Waals surface area contributed by atoms with Gasteiger partial charge in [0.1, 0.15) is 5.82 Å². The fraction of sp³-hybridized carbons (Fsp3) is 0.333. The van der Waals surface area contributed by atoms with Gasteiger partial charge in [-0.05, 0) is 74.6 Å². The molecule has 2 N–H and O–H groups in total. The van der Waals surface area contributed by atoms with Gasteiger partial charge in [0.15, 0.2) is 11.6 Å². The van der Waals surface area contributed by atoms with E-state index in [1.54, 1.807) is 19.1 Å². The number of anilines is 2. The molecule has 0 radical (unpaired) electrons. The molecule has 0 atom stereocenters. The summed E-state index contributed by atoms with van der Waals surface area (Å²) in [5.41, 5.74) is -0.185. The van der Waals surface area contributed by atoms with Crippen LogP contribution in [0, 0.1) is 16.3 Å². The van der Waals surface area contributed by atoms with Gasteiger partial charge in [0.05, 0.1) is 5.69 Å². The average molecular weight is 473 g/mol. The third kappa shape index (κ3) is 4.96. The largest absolute Gasteiger partial charge is 0.413 e. The van der Waals surface area contributed by atoms with Crippen molar-refractivity contribution >= 4 is 40.2 Å². The van der Waals surface area contributed by atoms with E-state index in [2.05, 4.69) is 10.6 Å². The molecule has 0 aliphatic heterocycles. The second-order valence-corrected chi connectivity index (χ2v) is 8.16. The van der Waals surface area contributed by atoms with Gasteiger partial charge in [0, 0.05) is 21.7 Å². The van der Waals surface area contributed by atoms with Gasteiger partial charge in [-0.15, -0.1) is 0 Å². The molecule has 6 nitrogen and oxygen atoms in total. The Hall–Kier alpha value is -2.10. The van der Waals surface area contributed by atoms with Crippen molar-refractivity contribution in [3.63, 3.8) is 0 Å². The molecule has 0 aliphatic carbocycles. The zero-order valence-corrected chi connectivity index (χ0v) is 17.4. The number of nitrogens with one attached hydrogen (secondary N) is 2. The molecular weight excluding hydrogens is 452 g/mol. The highest BCUT2D eigenvalue weighted by molar-refractivity contribution is 14.1. The average Bonchev–Trinajstić information content (AvgIpc) is 2.49. The number of ether oxygens (including phenoxy) is 1. The topological polar surface area (TPSA) is 72.4 Å². The van der Waals surface area contributed by atoms with Crippen LogP contribution in [0.15, 0.2) is 29.1 Å². The van der Waals surface area contributed by atoms with Crippen molar-refractivity contribution in [2.24, 2.45) is 7.05 Å². The van der Waals surface area contributed by atoms with Gasteiger partial charge in [0.2, 0.25) is 0 Å². The number of halogens is 2. The monoisotopic (exact) mass is 473 g/mol. The number of pyridine rings is 1. The summed E-state index contributed by atoms with van der Waals surface area (Å²) < 4.78 is 21.6. The first kappa shape index (κ1) is 20.2. The molecule has 8 heteroatoms. The van der Waals surface area contributed by atoms with Crippen molar-refractivity contribution in [3.05, 3.63) is 49.6 Å². The van der Waals surface area contributed by atoms with Gasteiger partial charge < -0.3 is 15.4 Å². The van der Waals surface area contributed by atoms with Crippen LogP contribution < -0.4 is 20.9 Å². The number of rotatable bonds is 3. The molecule has 2 rings (SSSR count). The highest BCUT2D eigenvalue weighted by Crippen LogP contribution is 2.29. The van der Waals surface area contributed by atoms with E-state index < -0.39 is 17.4 Å². The van der Waals surface area contributed by atoms with Gasteiger partial charge in [-0.1, -0.05) is 0 Å². The van der Waals surface area contributed by atoms with E-state index >= 15 is 0 Å². The van der Waals surface area contributed by atoms with E-state index in [9.17, 15) is 14.0 Å². The Morgan fingerprint density at radius 2 is 1.92 bits per heavy atom. The minimum atomic E-state index is -0.665. The molecule has 1 heterocycles. The second kappa shape index (κ2) is 7.65. The molecule has 0 spiro atoms. The fourth-order valence-corrected chi connectivity index (χ4v) is 2.68. The van der Waals surface area contributed by atoms with E-state index in [4.69, 9.17) is 4.74 Å². The van der Waals surface area contributed by atoms with Crippen LogP contribution in [0.5, 0.6) is 5.75 Å². The van der Waals surface area contributed by atoms with Crippen molar-refractivity contribution < 1.29 is 13.9 Å². The SMILES string of the molecule is Cc1cc(OC(=O)NC(C)(C)C)c(Nc2ccc(I)cc2F)n(C)c1=O. The molecule has 1 aromatic carbocycles. The van der Waals surface area contributed by atoms with Gasteiger partial charge in [0.25, 0.3) is 5.56 Å². The molecule has 1 aromatic heterocycles. The van der Waals surface area contributed by atoms with Crippen molar-refractivity contribution in [1.82, 2.24) is 9.88 Å². The lowest BCUT2D eigenvalue weighted by atomic mass is 10.1. The number of hydrogen-bond donors (Lipinski definition) is 2. The molecule has 1 amide bonds. The predicted octanol–water partition coefficient (Wildman–Crippen LogP) is 4.07. The zero-order chi connectivity index (χ0) is 19.6. The molecule has 0 bridgehead atoms. The number of carbonyl (C=O) groups is 1. The van der Waals surface area contributed by atoms with Gasteiger partial charge >= 0.3 is 6.09 Å². The zero-order valence-electron chi connectivity index (χ0n) is 15.2. The summed E-state index contributed by atoms with van der Waals surface area (Å²) in [4.78, 5) is 24.4. The van der Waals surface area contributed by atoms with Crippen LogP contribution in [0.3, 0.4) is 0 Å². The summed E-state index contributed by atoms with van der Waals surface area (Å²) in [6.07, 6.45) is -0.665. The number of nitrogens with zero attached hydrogens (tertiary/aromatic N) is 1. The highest BCUT2D eigenvalue weighted by atomic mass is 127. The summed E-state index contributed by atoms with van der Waals surface area (Å²) in [5, 5.41) is 5.53. The molecule has 26 heavy (non-hydrogen) atoms. The summed E-state index contributed by atoms with van der Waals surface area (Å²) in [6.45, 7) is 7.08. The first-order valence-corrected chi connectivity index (χ1v) is 8.98. The smallest absolute Gasteiger partial charge is 0.406 e. The Bertz CT molecular complexity index is 904.